The molecule has 7 heteroatoms. The first-order valence-corrected chi connectivity index (χ1v) is 7.95. The van der Waals surface area contributed by atoms with Gasteiger partial charge in [-0.1, -0.05) is 6.07 Å². The summed E-state index contributed by atoms with van der Waals surface area (Å²) in [6.07, 6.45) is 1.61. The average Bonchev–Trinajstić information content (AvgIpc) is 2.59. The van der Waals surface area contributed by atoms with Gasteiger partial charge in [0, 0.05) is 17.6 Å². The van der Waals surface area contributed by atoms with Crippen molar-refractivity contribution in [2.45, 2.75) is 19.8 Å². The number of esters is 2. The third kappa shape index (κ3) is 3.59. The summed E-state index contributed by atoms with van der Waals surface area (Å²) < 4.78 is 10.1. The molecule has 1 N–H and O–H groups in total. The van der Waals surface area contributed by atoms with Crippen molar-refractivity contribution in [1.29, 1.82) is 0 Å². The molecule has 0 amide bonds. The number of hydrogen-bond donors (Lipinski definition) is 1. The van der Waals surface area contributed by atoms with Gasteiger partial charge in [0.25, 0.3) is 0 Å². The van der Waals surface area contributed by atoms with Crippen LogP contribution in [-0.2, 0) is 19.1 Å². The van der Waals surface area contributed by atoms with Crippen LogP contribution in [0.5, 0.6) is 0 Å². The zero-order valence-corrected chi connectivity index (χ0v) is 14.5. The minimum atomic E-state index is -0.664. The first-order valence-electron chi connectivity index (χ1n) is 7.42. The van der Waals surface area contributed by atoms with E-state index in [-0.39, 0.29) is 12.5 Å². The molecule has 1 aliphatic heterocycles. The number of hydrogen-bond acceptors (Lipinski definition) is 6. The maximum atomic E-state index is 12.5. The lowest BCUT2D eigenvalue weighted by atomic mass is 9.83. The molecule has 1 aliphatic rings. The van der Waals surface area contributed by atoms with E-state index in [9.17, 15) is 9.59 Å². The van der Waals surface area contributed by atoms with Crippen molar-refractivity contribution in [3.05, 3.63) is 52.6 Å². The molecule has 0 saturated carbocycles. The molecule has 0 saturated heterocycles. The molecule has 0 bridgehead atoms. The van der Waals surface area contributed by atoms with E-state index in [4.69, 9.17) is 21.1 Å². The van der Waals surface area contributed by atoms with Gasteiger partial charge in [-0.3, -0.25) is 4.98 Å². The van der Waals surface area contributed by atoms with Gasteiger partial charge in [0.1, 0.15) is 6.61 Å². The first-order chi connectivity index (χ1) is 11.5. The Morgan fingerprint density at radius 1 is 1.21 bits per heavy atom. The Hall–Kier alpha value is -2.34. The van der Waals surface area contributed by atoms with Gasteiger partial charge in [-0.05, 0) is 26.0 Å². The fraction of sp³-hybridized carbons (Fsp3) is 0.353. The van der Waals surface area contributed by atoms with Crippen molar-refractivity contribution in [3.8, 4) is 0 Å². The van der Waals surface area contributed by atoms with Gasteiger partial charge in [-0.25, -0.2) is 9.59 Å². The number of carbonyl (C=O) groups is 2. The Kier molecular flexibility index (Phi) is 5.98. The average molecular weight is 351 g/mol. The smallest absolute Gasteiger partial charge is 0.336 e. The van der Waals surface area contributed by atoms with Crippen LogP contribution in [0.4, 0.5) is 0 Å². The van der Waals surface area contributed by atoms with Gasteiger partial charge in [0.15, 0.2) is 0 Å². The summed E-state index contributed by atoms with van der Waals surface area (Å²) in [5.74, 6) is -1.53. The number of dihydropyridines is 1. The quantitative estimate of drug-likeness (QED) is 0.648. The molecule has 1 unspecified atom stereocenters. The number of halogens is 1. The summed E-state index contributed by atoms with van der Waals surface area (Å²) in [7, 11) is 1.30. The molecule has 1 aromatic rings. The predicted octanol–water partition coefficient (Wildman–Crippen LogP) is 2.27. The molecule has 0 spiro atoms. The van der Waals surface area contributed by atoms with Crippen molar-refractivity contribution in [1.82, 2.24) is 10.3 Å². The maximum Gasteiger partial charge on any atom is 0.336 e. The Morgan fingerprint density at radius 2 is 1.88 bits per heavy atom. The van der Waals surface area contributed by atoms with E-state index in [1.54, 1.807) is 38.2 Å². The van der Waals surface area contributed by atoms with Crippen LogP contribution in [0.3, 0.4) is 0 Å². The van der Waals surface area contributed by atoms with Crippen LogP contribution in [-0.4, -0.2) is 36.5 Å². The van der Waals surface area contributed by atoms with Crippen LogP contribution in [0, 0.1) is 0 Å². The summed E-state index contributed by atoms with van der Waals surface area (Å²) in [6, 6.07) is 5.32. The lowest BCUT2D eigenvalue weighted by molar-refractivity contribution is -0.139. The molecule has 2 rings (SSSR count). The Labute approximate surface area is 145 Å². The van der Waals surface area contributed by atoms with Crippen molar-refractivity contribution in [3.63, 3.8) is 0 Å². The number of nitrogens with zero attached hydrogens (tertiary/aromatic N) is 1. The van der Waals surface area contributed by atoms with E-state index in [0.29, 0.717) is 28.2 Å². The zero-order valence-electron chi connectivity index (χ0n) is 13.8. The highest BCUT2D eigenvalue weighted by Crippen LogP contribution is 2.38. The fourth-order valence-corrected chi connectivity index (χ4v) is 2.77. The number of allylic oxidation sites excluding steroid dienone is 2. The Morgan fingerprint density at radius 3 is 2.42 bits per heavy atom. The summed E-state index contributed by atoms with van der Waals surface area (Å²) in [5.41, 5.74) is 2.44. The van der Waals surface area contributed by atoms with E-state index < -0.39 is 17.9 Å². The number of carbonyl (C=O) groups excluding carboxylic acids is 2. The highest BCUT2D eigenvalue weighted by Gasteiger charge is 2.38. The largest absolute Gasteiger partial charge is 0.466 e. The lowest BCUT2D eigenvalue weighted by Crippen LogP contribution is -2.32. The predicted molar refractivity (Wildman–Crippen MR) is 89.2 cm³/mol. The molecule has 1 aromatic heterocycles. The molecule has 2 heterocycles. The molecule has 0 aromatic carbocycles. The summed E-state index contributed by atoms with van der Waals surface area (Å²) in [4.78, 5) is 29.2. The summed E-state index contributed by atoms with van der Waals surface area (Å²) in [6.45, 7) is 3.60. The minimum absolute atomic E-state index is 0.0857. The van der Waals surface area contributed by atoms with Crippen LogP contribution in [0.15, 0.2) is 46.9 Å². The second-order valence-electron chi connectivity index (χ2n) is 5.21. The number of nitrogens with one attached hydrogen (secondary N) is 1. The summed E-state index contributed by atoms with van der Waals surface area (Å²) in [5, 5.41) is 3.05. The monoisotopic (exact) mass is 350 g/mol. The van der Waals surface area contributed by atoms with Gasteiger partial charge in [0.05, 0.1) is 35.7 Å². The van der Waals surface area contributed by atoms with Gasteiger partial charge in [-0.15, -0.1) is 11.6 Å². The van der Waals surface area contributed by atoms with Gasteiger partial charge >= 0.3 is 11.9 Å². The van der Waals surface area contributed by atoms with Crippen LogP contribution in [0.1, 0.15) is 25.5 Å². The normalized spacial score (nSPS) is 17.4. The molecule has 0 aliphatic carbocycles. The van der Waals surface area contributed by atoms with Crippen molar-refractivity contribution in [2.75, 3.05) is 19.6 Å². The number of rotatable bonds is 5. The van der Waals surface area contributed by atoms with Crippen LogP contribution >= 0.6 is 11.6 Å². The number of alkyl halides is 1. The standard InChI is InChI=1S/C17H19ClN2O4/c1-10-13(16(21)23-3)15(12-6-4-5-8-19-12)14(11(2)20-10)17(22)24-9-7-18/h4-6,8,15,20H,7,9H2,1-3H3. The second kappa shape index (κ2) is 7.97. The maximum absolute atomic E-state index is 12.5. The number of pyridine rings is 1. The molecule has 128 valence electrons. The van der Waals surface area contributed by atoms with Gasteiger partial charge in [0.2, 0.25) is 0 Å². The molecule has 0 fully saturated rings. The van der Waals surface area contributed by atoms with Gasteiger partial charge < -0.3 is 14.8 Å². The Bertz CT molecular complexity index is 698. The SMILES string of the molecule is COC(=O)C1=C(C)NC(C)=C(C(=O)OCCCl)C1c1ccccn1. The second-order valence-corrected chi connectivity index (χ2v) is 5.58. The fourth-order valence-electron chi connectivity index (χ4n) is 2.70. The van der Waals surface area contributed by atoms with Crippen LogP contribution in [0.25, 0.3) is 0 Å². The van der Waals surface area contributed by atoms with E-state index in [1.807, 2.05) is 0 Å². The van der Waals surface area contributed by atoms with Crippen molar-refractivity contribution >= 4 is 23.5 Å². The van der Waals surface area contributed by atoms with Gasteiger partial charge in [-0.2, -0.15) is 0 Å². The first kappa shape index (κ1) is 18.0. The van der Waals surface area contributed by atoms with E-state index >= 15 is 0 Å². The third-order valence-electron chi connectivity index (χ3n) is 3.68. The van der Waals surface area contributed by atoms with E-state index in [0.717, 1.165) is 0 Å². The molecule has 0 radical (unpaired) electrons. The van der Waals surface area contributed by atoms with Crippen molar-refractivity contribution in [2.24, 2.45) is 0 Å². The summed E-state index contributed by atoms with van der Waals surface area (Å²) >= 11 is 5.59. The lowest BCUT2D eigenvalue weighted by Gasteiger charge is -2.29. The molecule has 24 heavy (non-hydrogen) atoms. The van der Waals surface area contributed by atoms with E-state index in [1.165, 1.54) is 7.11 Å². The topological polar surface area (TPSA) is 77.5 Å². The number of aromatic nitrogens is 1. The van der Waals surface area contributed by atoms with Crippen LogP contribution < -0.4 is 5.32 Å². The minimum Gasteiger partial charge on any atom is -0.466 e. The highest BCUT2D eigenvalue weighted by atomic mass is 35.5. The molecular formula is C17H19ClN2O4. The number of methoxy groups -OCH3 is 1. The molecular weight excluding hydrogens is 332 g/mol. The van der Waals surface area contributed by atoms with Crippen LogP contribution in [0.2, 0.25) is 0 Å². The number of ether oxygens (including phenoxy) is 2. The highest BCUT2D eigenvalue weighted by molar-refractivity contribution is 6.18. The van der Waals surface area contributed by atoms with Crippen molar-refractivity contribution < 1.29 is 19.1 Å². The molecule has 1 atom stereocenters. The molecule has 6 nitrogen and oxygen atoms in total. The van der Waals surface area contributed by atoms with E-state index in [2.05, 4.69) is 10.3 Å². The third-order valence-corrected chi connectivity index (χ3v) is 3.83. The zero-order chi connectivity index (χ0) is 17.7. The Balaban J connectivity index is 2.56.